The zero-order chi connectivity index (χ0) is 20.8. The van der Waals surface area contributed by atoms with Crippen LogP contribution in [0.4, 0.5) is 29.1 Å². The third-order valence-corrected chi connectivity index (χ3v) is 4.76. The minimum absolute atomic E-state index is 0.00539. The van der Waals surface area contributed by atoms with Crippen molar-refractivity contribution < 1.29 is 22.4 Å². The lowest BCUT2D eigenvalue weighted by Gasteiger charge is -2.27. The normalized spacial score (nSPS) is 17.1. The van der Waals surface area contributed by atoms with Crippen molar-refractivity contribution in [1.29, 1.82) is 0 Å². The molecule has 1 saturated heterocycles. The molecule has 1 aliphatic rings. The van der Waals surface area contributed by atoms with E-state index in [0.717, 1.165) is 12.3 Å². The van der Waals surface area contributed by atoms with Crippen LogP contribution in [0.1, 0.15) is 28.9 Å². The van der Waals surface area contributed by atoms with E-state index >= 15 is 0 Å². The highest BCUT2D eigenvalue weighted by Crippen LogP contribution is 2.35. The molecule has 0 spiro atoms. The molecule has 1 N–H and O–H groups in total. The number of fused-ring (bicyclic) bond motifs is 1. The van der Waals surface area contributed by atoms with E-state index < -0.39 is 23.9 Å². The second kappa shape index (κ2) is 6.98. The fourth-order valence-corrected chi connectivity index (χ4v) is 3.51. The van der Waals surface area contributed by atoms with Crippen molar-refractivity contribution in [3.8, 4) is 0 Å². The molecule has 152 valence electrons. The molecule has 0 aromatic carbocycles. The number of hydrogen-bond donors (Lipinski definition) is 1. The van der Waals surface area contributed by atoms with Crippen LogP contribution in [0.3, 0.4) is 0 Å². The Kier molecular flexibility index (Phi) is 4.59. The van der Waals surface area contributed by atoms with Crippen LogP contribution >= 0.6 is 0 Å². The minimum Gasteiger partial charge on any atom is -0.344 e. The number of nitrogens with one attached hydrogen (secondary N) is 1. The summed E-state index contributed by atoms with van der Waals surface area (Å²) < 4.78 is 54.6. The molecule has 0 bridgehead atoms. The second-order valence-corrected chi connectivity index (χ2v) is 6.75. The quantitative estimate of drug-likeness (QED) is 0.673. The fraction of sp³-hybridized carbons (Fsp3) is 0.333. The van der Waals surface area contributed by atoms with Crippen LogP contribution in [-0.2, 0) is 0 Å². The number of halogens is 4. The molecule has 1 atom stereocenters. The standard InChI is InChI=1S/C18H16F4N6O/c1-10-15(17(29)24-12-7-11(19)8-23-9-12)16-25-14(4-6-28(16)26-10)27-5-2-3-13(27)18(20,21)22/h4,6-9,13H,2-3,5H2,1H3,(H,24,29). The molecular weight excluding hydrogens is 392 g/mol. The first kappa shape index (κ1) is 19.1. The summed E-state index contributed by atoms with van der Waals surface area (Å²) in [5.41, 5.74) is 0.695. The zero-order valence-electron chi connectivity index (χ0n) is 15.2. The van der Waals surface area contributed by atoms with Crippen molar-refractivity contribution >= 4 is 23.1 Å². The van der Waals surface area contributed by atoms with E-state index in [2.05, 4.69) is 20.4 Å². The molecular formula is C18H16F4N6O. The molecule has 4 rings (SSSR count). The Balaban J connectivity index is 1.71. The number of anilines is 2. The lowest BCUT2D eigenvalue weighted by Crippen LogP contribution is -2.41. The average Bonchev–Trinajstić information content (AvgIpc) is 3.24. The molecule has 0 saturated carbocycles. The van der Waals surface area contributed by atoms with Crippen LogP contribution < -0.4 is 10.2 Å². The molecule has 29 heavy (non-hydrogen) atoms. The Morgan fingerprint density at radius 3 is 2.83 bits per heavy atom. The Bertz CT molecular complexity index is 1080. The van der Waals surface area contributed by atoms with E-state index in [-0.39, 0.29) is 35.7 Å². The third kappa shape index (κ3) is 3.59. The molecule has 4 heterocycles. The molecule has 11 heteroatoms. The highest BCUT2D eigenvalue weighted by atomic mass is 19.4. The van der Waals surface area contributed by atoms with Crippen LogP contribution in [0.15, 0.2) is 30.7 Å². The number of pyridine rings is 1. The van der Waals surface area contributed by atoms with Crippen LogP contribution in [0, 0.1) is 12.7 Å². The first-order chi connectivity index (χ1) is 13.7. The van der Waals surface area contributed by atoms with E-state index in [9.17, 15) is 22.4 Å². The smallest absolute Gasteiger partial charge is 0.344 e. The molecule has 1 unspecified atom stereocenters. The van der Waals surface area contributed by atoms with Crippen molar-refractivity contribution in [2.75, 3.05) is 16.8 Å². The van der Waals surface area contributed by atoms with Crippen LogP contribution in [0.5, 0.6) is 0 Å². The minimum atomic E-state index is -4.37. The fourth-order valence-electron chi connectivity index (χ4n) is 3.51. The second-order valence-electron chi connectivity index (χ2n) is 6.75. The molecule has 3 aromatic heterocycles. The van der Waals surface area contributed by atoms with Crippen molar-refractivity contribution in [3.05, 3.63) is 47.8 Å². The van der Waals surface area contributed by atoms with Gasteiger partial charge in [0.15, 0.2) is 5.65 Å². The largest absolute Gasteiger partial charge is 0.408 e. The van der Waals surface area contributed by atoms with Gasteiger partial charge < -0.3 is 10.2 Å². The van der Waals surface area contributed by atoms with Gasteiger partial charge in [0.05, 0.1) is 23.8 Å². The number of rotatable bonds is 3. The Morgan fingerprint density at radius 1 is 1.31 bits per heavy atom. The number of alkyl halides is 3. The highest BCUT2D eigenvalue weighted by molar-refractivity contribution is 6.09. The number of aromatic nitrogens is 4. The summed E-state index contributed by atoms with van der Waals surface area (Å²) in [6, 6.07) is 0.932. The van der Waals surface area contributed by atoms with E-state index in [0.29, 0.717) is 12.1 Å². The van der Waals surface area contributed by atoms with Gasteiger partial charge in [-0.05, 0) is 25.8 Å². The summed E-state index contributed by atoms with van der Waals surface area (Å²) in [5.74, 6) is -1.10. The predicted molar refractivity (Wildman–Crippen MR) is 96.3 cm³/mol. The molecule has 1 aliphatic heterocycles. The maximum absolute atomic E-state index is 13.3. The van der Waals surface area contributed by atoms with E-state index in [1.807, 2.05) is 0 Å². The average molecular weight is 408 g/mol. The molecule has 0 aliphatic carbocycles. The van der Waals surface area contributed by atoms with Crippen LogP contribution in [-0.4, -0.2) is 44.3 Å². The molecule has 3 aromatic rings. The van der Waals surface area contributed by atoms with E-state index in [1.54, 1.807) is 6.92 Å². The van der Waals surface area contributed by atoms with Crippen molar-refractivity contribution in [2.24, 2.45) is 0 Å². The number of aryl methyl sites for hydroxylation is 1. The maximum atomic E-state index is 13.3. The zero-order valence-corrected chi connectivity index (χ0v) is 15.2. The summed E-state index contributed by atoms with van der Waals surface area (Å²) in [4.78, 5) is 21.9. The van der Waals surface area contributed by atoms with Gasteiger partial charge in [0.1, 0.15) is 23.2 Å². The van der Waals surface area contributed by atoms with Crippen LogP contribution in [0.25, 0.3) is 5.65 Å². The van der Waals surface area contributed by atoms with Crippen molar-refractivity contribution in [3.63, 3.8) is 0 Å². The van der Waals surface area contributed by atoms with Gasteiger partial charge in [0.25, 0.3) is 5.91 Å². The Labute approximate surface area is 162 Å². The van der Waals surface area contributed by atoms with Crippen molar-refractivity contribution in [1.82, 2.24) is 19.6 Å². The summed E-state index contributed by atoms with van der Waals surface area (Å²) >= 11 is 0. The van der Waals surface area contributed by atoms with Crippen LogP contribution in [0.2, 0.25) is 0 Å². The summed E-state index contributed by atoms with van der Waals surface area (Å²) in [5, 5.41) is 6.70. The molecule has 7 nitrogen and oxygen atoms in total. The lowest BCUT2D eigenvalue weighted by atomic mass is 10.2. The van der Waals surface area contributed by atoms with Gasteiger partial charge in [-0.1, -0.05) is 0 Å². The first-order valence-corrected chi connectivity index (χ1v) is 8.85. The summed E-state index contributed by atoms with van der Waals surface area (Å²) in [6.45, 7) is 1.80. The molecule has 1 fully saturated rings. The van der Waals surface area contributed by atoms with E-state index in [4.69, 9.17) is 0 Å². The van der Waals surface area contributed by atoms with Gasteiger partial charge in [-0.3, -0.25) is 9.78 Å². The Hall–Kier alpha value is -3.24. The molecule has 1 amide bonds. The highest BCUT2D eigenvalue weighted by Gasteiger charge is 2.46. The first-order valence-electron chi connectivity index (χ1n) is 8.85. The lowest BCUT2D eigenvalue weighted by molar-refractivity contribution is -0.146. The topological polar surface area (TPSA) is 75.4 Å². The maximum Gasteiger partial charge on any atom is 0.408 e. The SMILES string of the molecule is Cc1nn2ccc(N3CCCC3C(F)(F)F)nc2c1C(=O)Nc1cncc(F)c1. The number of amides is 1. The van der Waals surface area contributed by atoms with E-state index in [1.165, 1.54) is 27.9 Å². The van der Waals surface area contributed by atoms with Gasteiger partial charge in [0.2, 0.25) is 0 Å². The Morgan fingerprint density at radius 2 is 2.10 bits per heavy atom. The van der Waals surface area contributed by atoms with Gasteiger partial charge in [-0.15, -0.1) is 0 Å². The third-order valence-electron chi connectivity index (χ3n) is 4.76. The summed E-state index contributed by atoms with van der Waals surface area (Å²) in [6.07, 6.45) is -0.234. The van der Waals surface area contributed by atoms with Gasteiger partial charge >= 0.3 is 6.18 Å². The molecule has 0 radical (unpaired) electrons. The predicted octanol–water partition coefficient (Wildman–Crippen LogP) is 3.36. The monoisotopic (exact) mass is 408 g/mol. The van der Waals surface area contributed by atoms with Gasteiger partial charge in [-0.25, -0.2) is 13.9 Å². The number of carbonyl (C=O) groups is 1. The number of carbonyl (C=O) groups excluding carboxylic acids is 1. The van der Waals surface area contributed by atoms with Gasteiger partial charge in [0, 0.05) is 18.8 Å². The summed E-state index contributed by atoms with van der Waals surface area (Å²) in [7, 11) is 0. The van der Waals surface area contributed by atoms with Crippen molar-refractivity contribution in [2.45, 2.75) is 32.0 Å². The van der Waals surface area contributed by atoms with Gasteiger partial charge in [-0.2, -0.15) is 18.3 Å². The number of hydrogen-bond acceptors (Lipinski definition) is 5. The number of nitrogens with zero attached hydrogens (tertiary/aromatic N) is 5.